The zero-order chi connectivity index (χ0) is 15.3. The van der Waals surface area contributed by atoms with Crippen LogP contribution in [0.5, 0.6) is 0 Å². The predicted octanol–water partition coefficient (Wildman–Crippen LogP) is 1.98. The smallest absolute Gasteiger partial charge is 0.258 e. The van der Waals surface area contributed by atoms with E-state index in [1.807, 2.05) is 13.8 Å². The summed E-state index contributed by atoms with van der Waals surface area (Å²) in [7, 11) is 0. The number of amides is 1. The molecule has 0 aliphatic carbocycles. The number of nitriles is 1. The Morgan fingerprint density at radius 3 is 2.70 bits per heavy atom. The minimum atomic E-state index is -1.61. The lowest BCUT2D eigenvalue weighted by Gasteiger charge is -2.23. The Labute approximate surface area is 119 Å². The van der Waals surface area contributed by atoms with Crippen molar-refractivity contribution in [3.8, 4) is 6.07 Å². The molecule has 0 saturated carbocycles. The molecule has 1 aromatic rings. The van der Waals surface area contributed by atoms with Gasteiger partial charge < -0.3 is 15.2 Å². The van der Waals surface area contributed by atoms with Crippen molar-refractivity contribution in [3.05, 3.63) is 29.3 Å². The Kier molecular flexibility index (Phi) is 5.26. The van der Waals surface area contributed by atoms with Crippen LogP contribution in [-0.4, -0.2) is 29.3 Å². The van der Waals surface area contributed by atoms with Gasteiger partial charge in [-0.2, -0.15) is 5.26 Å². The van der Waals surface area contributed by atoms with Gasteiger partial charge in [-0.3, -0.25) is 4.79 Å². The van der Waals surface area contributed by atoms with Crippen LogP contribution in [0.4, 0.5) is 5.69 Å². The quantitative estimate of drug-likeness (QED) is 0.861. The third-order valence-electron chi connectivity index (χ3n) is 2.79. The van der Waals surface area contributed by atoms with Crippen molar-refractivity contribution in [1.29, 1.82) is 5.26 Å². The van der Waals surface area contributed by atoms with E-state index in [2.05, 4.69) is 11.4 Å². The second-order valence-corrected chi connectivity index (χ2v) is 5.23. The number of carbonyl (C=O) groups excluding carboxylic acids is 1. The van der Waals surface area contributed by atoms with Crippen LogP contribution in [0.25, 0.3) is 0 Å². The molecule has 0 fully saturated rings. The van der Waals surface area contributed by atoms with E-state index in [-0.39, 0.29) is 12.7 Å². The van der Waals surface area contributed by atoms with Crippen LogP contribution in [0.1, 0.15) is 31.9 Å². The highest BCUT2D eigenvalue weighted by molar-refractivity contribution is 5.97. The monoisotopic (exact) mass is 276 g/mol. The average molecular weight is 276 g/mol. The molecular formula is C15H20N2O3. The third-order valence-corrected chi connectivity index (χ3v) is 2.79. The number of benzene rings is 1. The van der Waals surface area contributed by atoms with Gasteiger partial charge in [-0.25, -0.2) is 0 Å². The number of aryl methyl sites for hydroxylation is 1. The summed E-state index contributed by atoms with van der Waals surface area (Å²) < 4.78 is 5.27. The van der Waals surface area contributed by atoms with Gasteiger partial charge in [-0.15, -0.1) is 0 Å². The van der Waals surface area contributed by atoms with Crippen molar-refractivity contribution in [2.75, 3.05) is 11.9 Å². The Morgan fingerprint density at radius 2 is 2.20 bits per heavy atom. The van der Waals surface area contributed by atoms with Crippen molar-refractivity contribution in [1.82, 2.24) is 0 Å². The number of carbonyl (C=O) groups is 1. The molecule has 0 aromatic heterocycles. The molecule has 0 aliphatic heterocycles. The molecule has 0 saturated heterocycles. The molecule has 0 unspecified atom stereocenters. The number of hydrogen-bond donors (Lipinski definition) is 2. The predicted molar refractivity (Wildman–Crippen MR) is 76.2 cm³/mol. The van der Waals surface area contributed by atoms with Crippen molar-refractivity contribution >= 4 is 11.6 Å². The highest BCUT2D eigenvalue weighted by atomic mass is 16.5. The number of anilines is 1. The lowest BCUT2D eigenvalue weighted by molar-refractivity contribution is -0.140. The molecule has 1 rings (SSSR count). The summed E-state index contributed by atoms with van der Waals surface area (Å²) in [6.07, 6.45) is -0.0635. The lowest BCUT2D eigenvalue weighted by atomic mass is 10.1. The molecule has 0 spiro atoms. The van der Waals surface area contributed by atoms with Crippen LogP contribution in [0.2, 0.25) is 0 Å². The van der Waals surface area contributed by atoms with Crippen molar-refractivity contribution in [2.45, 2.75) is 39.4 Å². The summed E-state index contributed by atoms with van der Waals surface area (Å²) in [5.41, 5.74) is 0.254. The van der Waals surface area contributed by atoms with Crippen molar-refractivity contribution in [3.63, 3.8) is 0 Å². The van der Waals surface area contributed by atoms with E-state index in [0.717, 1.165) is 5.56 Å². The molecule has 108 valence electrons. The highest BCUT2D eigenvalue weighted by Gasteiger charge is 2.31. The van der Waals surface area contributed by atoms with Crippen LogP contribution < -0.4 is 5.32 Å². The summed E-state index contributed by atoms with van der Waals surface area (Å²) in [6.45, 7) is 6.77. The van der Waals surface area contributed by atoms with Crippen LogP contribution in [-0.2, 0) is 9.53 Å². The van der Waals surface area contributed by atoms with Gasteiger partial charge in [0.1, 0.15) is 0 Å². The first-order valence-electron chi connectivity index (χ1n) is 6.42. The minimum Gasteiger partial charge on any atom is -0.378 e. The molecule has 0 bridgehead atoms. The maximum Gasteiger partial charge on any atom is 0.258 e. The average Bonchev–Trinajstić information content (AvgIpc) is 2.36. The molecule has 1 atom stereocenters. The van der Waals surface area contributed by atoms with Gasteiger partial charge in [-0.05, 0) is 51.5 Å². The summed E-state index contributed by atoms with van der Waals surface area (Å²) >= 11 is 0. The normalized spacial score (nSPS) is 13.7. The first kappa shape index (κ1) is 16.2. The molecule has 20 heavy (non-hydrogen) atoms. The van der Waals surface area contributed by atoms with Gasteiger partial charge >= 0.3 is 0 Å². The fourth-order valence-electron chi connectivity index (χ4n) is 1.53. The maximum absolute atomic E-state index is 12.0. The number of aliphatic hydroxyl groups is 1. The van der Waals surface area contributed by atoms with Crippen LogP contribution in [0.3, 0.4) is 0 Å². The van der Waals surface area contributed by atoms with Crippen molar-refractivity contribution in [2.24, 2.45) is 0 Å². The Balaban J connectivity index is 2.75. The third kappa shape index (κ3) is 4.34. The number of nitrogens with zero attached hydrogens (tertiary/aromatic N) is 1. The number of nitrogens with one attached hydrogen (secondary N) is 1. The van der Waals surface area contributed by atoms with Gasteiger partial charge in [0.25, 0.3) is 5.91 Å². The van der Waals surface area contributed by atoms with Crippen molar-refractivity contribution < 1.29 is 14.6 Å². The first-order chi connectivity index (χ1) is 9.26. The van der Waals surface area contributed by atoms with Crippen LogP contribution in [0.15, 0.2) is 18.2 Å². The Bertz CT molecular complexity index is 530. The summed E-state index contributed by atoms with van der Waals surface area (Å²) in [5, 5.41) is 21.5. The fraction of sp³-hybridized carbons (Fsp3) is 0.467. The second kappa shape index (κ2) is 6.51. The molecule has 5 heteroatoms. The SMILES string of the molecule is Cc1cc(NC(=O)[C@](C)(O)COC(C)C)ccc1C#N. The molecule has 1 aromatic carbocycles. The van der Waals surface area contributed by atoms with E-state index in [4.69, 9.17) is 10.00 Å². The fourth-order valence-corrected chi connectivity index (χ4v) is 1.53. The summed E-state index contributed by atoms with van der Waals surface area (Å²) in [6, 6.07) is 7.00. The number of hydrogen-bond acceptors (Lipinski definition) is 4. The lowest BCUT2D eigenvalue weighted by Crippen LogP contribution is -2.44. The largest absolute Gasteiger partial charge is 0.378 e. The van der Waals surface area contributed by atoms with Gasteiger partial charge in [0.15, 0.2) is 5.60 Å². The van der Waals surface area contributed by atoms with Crippen LogP contribution >= 0.6 is 0 Å². The first-order valence-corrected chi connectivity index (χ1v) is 6.42. The zero-order valence-electron chi connectivity index (χ0n) is 12.2. The molecular weight excluding hydrogens is 256 g/mol. The Hall–Kier alpha value is -1.90. The molecule has 5 nitrogen and oxygen atoms in total. The van der Waals surface area contributed by atoms with E-state index >= 15 is 0 Å². The van der Waals surface area contributed by atoms with Gasteiger partial charge in [0.05, 0.1) is 24.3 Å². The van der Waals surface area contributed by atoms with Crippen LogP contribution in [0, 0.1) is 18.3 Å². The van der Waals surface area contributed by atoms with Gasteiger partial charge in [0, 0.05) is 5.69 Å². The molecule has 0 radical (unpaired) electrons. The maximum atomic E-state index is 12.0. The van der Waals surface area contributed by atoms with E-state index in [0.29, 0.717) is 11.3 Å². The Morgan fingerprint density at radius 1 is 1.55 bits per heavy atom. The van der Waals surface area contributed by atoms with E-state index in [9.17, 15) is 9.90 Å². The van der Waals surface area contributed by atoms with Gasteiger partial charge in [-0.1, -0.05) is 0 Å². The molecule has 1 amide bonds. The zero-order valence-corrected chi connectivity index (χ0v) is 12.2. The summed E-state index contributed by atoms with van der Waals surface area (Å²) in [4.78, 5) is 12.0. The summed E-state index contributed by atoms with van der Waals surface area (Å²) in [5.74, 6) is -0.540. The molecule has 0 aliphatic rings. The highest BCUT2D eigenvalue weighted by Crippen LogP contribution is 2.16. The molecule has 2 N–H and O–H groups in total. The van der Waals surface area contributed by atoms with E-state index in [1.165, 1.54) is 6.92 Å². The number of ether oxygens (including phenoxy) is 1. The second-order valence-electron chi connectivity index (χ2n) is 5.23. The van der Waals surface area contributed by atoms with E-state index in [1.54, 1.807) is 25.1 Å². The van der Waals surface area contributed by atoms with E-state index < -0.39 is 11.5 Å². The standard InChI is InChI=1S/C15H20N2O3/c1-10(2)20-9-15(4,19)14(18)17-13-6-5-12(8-16)11(3)7-13/h5-7,10,19H,9H2,1-4H3,(H,17,18)/t15-/m1/s1. The topological polar surface area (TPSA) is 82.3 Å². The minimum absolute atomic E-state index is 0.0635. The molecule has 0 heterocycles. The van der Waals surface area contributed by atoms with Gasteiger partial charge in [0.2, 0.25) is 0 Å². The number of rotatable bonds is 5.